The zero-order chi connectivity index (χ0) is 35.6. The molecule has 14 heteroatoms. The third kappa shape index (κ3) is 23.5. The van der Waals surface area contributed by atoms with Crippen LogP contribution in [-0.4, -0.2) is 116 Å². The minimum absolute atomic E-state index is 0.165. The molecule has 0 rings (SSSR count). The van der Waals surface area contributed by atoms with Crippen molar-refractivity contribution < 1.29 is 38.2 Å². The van der Waals surface area contributed by atoms with Crippen molar-refractivity contribution in [2.45, 2.75) is 123 Å². The van der Waals surface area contributed by atoms with Gasteiger partial charge in [0.25, 0.3) is 0 Å². The van der Waals surface area contributed by atoms with Crippen LogP contribution in [0.2, 0.25) is 0 Å². The summed E-state index contributed by atoms with van der Waals surface area (Å²) in [5, 5.41) is 8.00. The SMILES string of the molecule is CN(CCCCCCNC=O)C(=O)N(CCCCCCNC(=O)OC(C)(C)COC(C)(C)C)C(=O)N(C=O)CCCCCCNC=O. The Labute approximate surface area is 282 Å². The van der Waals surface area contributed by atoms with Gasteiger partial charge in [0.05, 0.1) is 12.2 Å². The number of urea groups is 2. The molecule has 0 saturated carbocycles. The Hall–Kier alpha value is -3.42. The van der Waals surface area contributed by atoms with Gasteiger partial charge in [-0.15, -0.1) is 0 Å². The van der Waals surface area contributed by atoms with Crippen LogP contribution in [0.15, 0.2) is 0 Å². The maximum atomic E-state index is 13.4. The van der Waals surface area contributed by atoms with Gasteiger partial charge in [-0.05, 0) is 73.1 Å². The van der Waals surface area contributed by atoms with Gasteiger partial charge in [0, 0.05) is 46.3 Å². The molecule has 47 heavy (non-hydrogen) atoms. The summed E-state index contributed by atoms with van der Waals surface area (Å²) in [4.78, 5) is 75.3. The van der Waals surface area contributed by atoms with E-state index >= 15 is 0 Å². The molecule has 0 aliphatic rings. The molecule has 0 aromatic heterocycles. The highest BCUT2D eigenvalue weighted by Crippen LogP contribution is 2.16. The molecule has 0 radical (unpaired) electrons. The van der Waals surface area contributed by atoms with Crippen LogP contribution in [0.25, 0.3) is 0 Å². The van der Waals surface area contributed by atoms with Crippen molar-refractivity contribution in [3.8, 4) is 0 Å². The number of hydrogen-bond acceptors (Lipinski definition) is 8. The lowest BCUT2D eigenvalue weighted by Gasteiger charge is -2.30. The molecule has 0 heterocycles. The molecule has 0 fully saturated rings. The molecule has 0 aliphatic carbocycles. The molecule has 0 spiro atoms. The van der Waals surface area contributed by atoms with Crippen LogP contribution >= 0.6 is 0 Å². The van der Waals surface area contributed by atoms with Crippen molar-refractivity contribution in [1.82, 2.24) is 30.7 Å². The molecular weight excluding hydrogens is 608 g/mol. The van der Waals surface area contributed by atoms with Gasteiger partial charge >= 0.3 is 18.2 Å². The van der Waals surface area contributed by atoms with E-state index in [4.69, 9.17) is 9.47 Å². The third-order valence-corrected chi connectivity index (χ3v) is 7.16. The van der Waals surface area contributed by atoms with E-state index in [1.54, 1.807) is 20.9 Å². The van der Waals surface area contributed by atoms with Crippen LogP contribution in [0.5, 0.6) is 0 Å². The second kappa shape index (κ2) is 25.6. The minimum Gasteiger partial charge on any atom is -0.441 e. The Bertz CT molecular complexity index is 912. The molecular formula is C33H62N6O8. The molecule has 0 atom stereocenters. The third-order valence-electron chi connectivity index (χ3n) is 7.16. The molecule has 14 nitrogen and oxygen atoms in total. The van der Waals surface area contributed by atoms with Crippen molar-refractivity contribution in [3.63, 3.8) is 0 Å². The summed E-state index contributed by atoms with van der Waals surface area (Å²) in [7, 11) is 1.65. The fourth-order valence-corrected chi connectivity index (χ4v) is 4.48. The first-order valence-electron chi connectivity index (χ1n) is 17.0. The van der Waals surface area contributed by atoms with Crippen LogP contribution in [0.1, 0.15) is 112 Å². The molecule has 0 unspecified atom stereocenters. The molecule has 0 saturated heterocycles. The van der Waals surface area contributed by atoms with Crippen molar-refractivity contribution >= 4 is 37.4 Å². The standard InChI is InChI=1S/C33H62N6O8/c1-32(2,3)46-25-33(4,5)47-29(43)36-21-15-9-12-18-24-39(30(44)37(6)22-16-10-7-13-19-34-26-40)31(45)38(28-42)23-17-11-8-14-20-35-27-41/h26-28H,7-25H2,1-6H3,(H,34,40)(H,35,41)(H,36,43). The van der Waals surface area contributed by atoms with Gasteiger partial charge in [0.2, 0.25) is 19.2 Å². The Kier molecular flexibility index (Phi) is 23.8. The Morgan fingerprint density at radius 3 is 1.64 bits per heavy atom. The number of carbonyl (C=O) groups is 6. The minimum atomic E-state index is -0.772. The first-order valence-corrected chi connectivity index (χ1v) is 17.0. The molecule has 272 valence electrons. The van der Waals surface area contributed by atoms with Gasteiger partial charge < -0.3 is 30.3 Å². The van der Waals surface area contributed by atoms with Crippen LogP contribution < -0.4 is 16.0 Å². The number of unbranched alkanes of at least 4 members (excludes halogenated alkanes) is 9. The van der Waals surface area contributed by atoms with Crippen molar-refractivity contribution in [2.24, 2.45) is 0 Å². The van der Waals surface area contributed by atoms with Gasteiger partial charge in [0.15, 0.2) is 0 Å². The van der Waals surface area contributed by atoms with E-state index in [1.165, 1.54) is 4.90 Å². The first-order chi connectivity index (χ1) is 22.3. The second-order valence-electron chi connectivity index (χ2n) is 13.3. The number of carbonyl (C=O) groups excluding carboxylic acids is 6. The predicted octanol–water partition coefficient (Wildman–Crippen LogP) is 4.41. The van der Waals surface area contributed by atoms with Crippen LogP contribution in [-0.2, 0) is 23.9 Å². The maximum absolute atomic E-state index is 13.4. The zero-order valence-corrected chi connectivity index (χ0v) is 29.8. The second-order valence-corrected chi connectivity index (χ2v) is 13.3. The molecule has 8 amide bonds. The summed E-state index contributed by atoms with van der Waals surface area (Å²) in [6.07, 6.45) is 10.4. The molecule has 3 N–H and O–H groups in total. The number of hydrogen-bond donors (Lipinski definition) is 3. The summed E-state index contributed by atoms with van der Waals surface area (Å²) >= 11 is 0. The maximum Gasteiger partial charge on any atom is 0.407 e. The van der Waals surface area contributed by atoms with E-state index in [0.717, 1.165) is 61.2 Å². The zero-order valence-electron chi connectivity index (χ0n) is 29.8. The van der Waals surface area contributed by atoms with E-state index in [9.17, 15) is 28.8 Å². The van der Waals surface area contributed by atoms with E-state index in [1.807, 2.05) is 20.8 Å². The number of amides is 8. The summed E-state index contributed by atoms with van der Waals surface area (Å²) in [6, 6.07) is -1.09. The quantitative estimate of drug-likeness (QED) is 0.0854. The van der Waals surface area contributed by atoms with Crippen molar-refractivity contribution in [1.29, 1.82) is 0 Å². The Balaban J connectivity index is 4.89. The molecule has 0 bridgehead atoms. The van der Waals surface area contributed by atoms with Crippen molar-refractivity contribution in [2.75, 3.05) is 52.9 Å². The van der Waals surface area contributed by atoms with Crippen LogP contribution in [0, 0.1) is 0 Å². The average Bonchev–Trinajstić information content (AvgIpc) is 3.01. The number of nitrogens with zero attached hydrogens (tertiary/aromatic N) is 3. The van der Waals surface area contributed by atoms with E-state index in [-0.39, 0.29) is 25.3 Å². The average molecular weight is 671 g/mol. The van der Waals surface area contributed by atoms with E-state index in [2.05, 4.69) is 16.0 Å². The highest BCUT2D eigenvalue weighted by molar-refractivity contribution is 5.97. The number of alkyl carbamates (subject to hydrolysis) is 1. The number of ether oxygens (including phenoxy) is 2. The number of imide groups is 2. The summed E-state index contributed by atoms with van der Waals surface area (Å²) in [5.74, 6) is 0. The Morgan fingerprint density at radius 2 is 1.13 bits per heavy atom. The number of rotatable bonds is 27. The fraction of sp³-hybridized carbons (Fsp3) is 0.818. The number of nitrogens with one attached hydrogen (secondary N) is 3. The lowest BCUT2D eigenvalue weighted by atomic mass is 10.1. The lowest BCUT2D eigenvalue weighted by molar-refractivity contribution is -0.116. The topological polar surface area (TPSA) is 167 Å². The van der Waals surface area contributed by atoms with Crippen molar-refractivity contribution in [3.05, 3.63) is 0 Å². The summed E-state index contributed by atoms with van der Waals surface area (Å²) in [6.45, 7) is 12.1. The smallest absolute Gasteiger partial charge is 0.407 e. The van der Waals surface area contributed by atoms with Gasteiger partial charge in [-0.3, -0.25) is 19.3 Å². The largest absolute Gasteiger partial charge is 0.441 e. The molecule has 0 aromatic carbocycles. The normalized spacial score (nSPS) is 11.3. The van der Waals surface area contributed by atoms with Gasteiger partial charge in [-0.25, -0.2) is 19.3 Å². The highest BCUT2D eigenvalue weighted by Gasteiger charge is 2.28. The van der Waals surface area contributed by atoms with Gasteiger partial charge in [0.1, 0.15) is 5.60 Å². The first kappa shape index (κ1) is 43.6. The van der Waals surface area contributed by atoms with Crippen LogP contribution in [0.4, 0.5) is 14.4 Å². The fourth-order valence-electron chi connectivity index (χ4n) is 4.48. The monoisotopic (exact) mass is 670 g/mol. The van der Waals surface area contributed by atoms with E-state index < -0.39 is 23.8 Å². The van der Waals surface area contributed by atoms with E-state index in [0.29, 0.717) is 71.1 Å². The van der Waals surface area contributed by atoms with Crippen LogP contribution in [0.3, 0.4) is 0 Å². The molecule has 0 aromatic rings. The highest BCUT2D eigenvalue weighted by atomic mass is 16.6. The Morgan fingerprint density at radius 1 is 0.638 bits per heavy atom. The molecule has 0 aliphatic heterocycles. The summed E-state index contributed by atoms with van der Waals surface area (Å²) < 4.78 is 11.2. The summed E-state index contributed by atoms with van der Waals surface area (Å²) in [5.41, 5.74) is -1.11. The predicted molar refractivity (Wildman–Crippen MR) is 181 cm³/mol. The van der Waals surface area contributed by atoms with Gasteiger partial charge in [-0.2, -0.15) is 0 Å². The lowest BCUT2D eigenvalue weighted by Crippen LogP contribution is -2.51. The van der Waals surface area contributed by atoms with Gasteiger partial charge in [-0.1, -0.05) is 38.5 Å².